The van der Waals surface area contributed by atoms with Gasteiger partial charge in [0.25, 0.3) is 5.91 Å². The normalized spacial score (nSPS) is 16.1. The summed E-state index contributed by atoms with van der Waals surface area (Å²) in [7, 11) is 0. The van der Waals surface area contributed by atoms with E-state index < -0.39 is 17.8 Å². The molecule has 1 aromatic heterocycles. The largest absolute Gasteiger partial charge is 0.433 e. The van der Waals surface area contributed by atoms with Crippen LogP contribution in [-0.4, -0.2) is 17.4 Å². The molecule has 0 aromatic carbocycles. The van der Waals surface area contributed by atoms with Crippen LogP contribution in [0.1, 0.15) is 36.4 Å². The first-order valence-corrected chi connectivity index (χ1v) is 8.59. The maximum Gasteiger partial charge on any atom is 0.433 e. The number of amides is 1. The van der Waals surface area contributed by atoms with Crippen LogP contribution in [0.25, 0.3) is 0 Å². The molecule has 7 heteroatoms. The summed E-state index contributed by atoms with van der Waals surface area (Å²) >= 11 is 5.82. The van der Waals surface area contributed by atoms with Gasteiger partial charge in [0.1, 0.15) is 5.69 Å². The van der Waals surface area contributed by atoms with Gasteiger partial charge in [-0.1, -0.05) is 49.7 Å². The van der Waals surface area contributed by atoms with E-state index in [1.165, 1.54) is 24.4 Å². The van der Waals surface area contributed by atoms with Crippen molar-refractivity contribution in [3.63, 3.8) is 0 Å². The highest BCUT2D eigenvalue weighted by Gasteiger charge is 2.33. The maximum absolute atomic E-state index is 12.7. The number of carbonyl (C=O) groups excluding carboxylic acids is 1. The van der Waals surface area contributed by atoms with Crippen molar-refractivity contribution in [2.45, 2.75) is 31.4 Å². The molecule has 1 aromatic rings. The highest BCUT2D eigenvalue weighted by Crippen LogP contribution is 2.38. The summed E-state index contributed by atoms with van der Waals surface area (Å²) in [4.78, 5) is 15.8. The molecule has 1 N–H and O–H groups in total. The molecule has 0 radical (unpaired) electrons. The molecule has 2 rings (SSSR count). The van der Waals surface area contributed by atoms with Gasteiger partial charge in [-0.3, -0.25) is 9.78 Å². The Morgan fingerprint density at radius 2 is 2.12 bits per heavy atom. The monoisotopic (exact) mass is 384 g/mol. The third-order valence-electron chi connectivity index (χ3n) is 4.19. The van der Waals surface area contributed by atoms with Gasteiger partial charge >= 0.3 is 6.18 Å². The summed E-state index contributed by atoms with van der Waals surface area (Å²) in [5.41, 5.74) is -0.0494. The second kappa shape index (κ2) is 8.54. The molecule has 3 nitrogen and oxygen atoms in total. The van der Waals surface area contributed by atoms with Crippen molar-refractivity contribution in [3.8, 4) is 0 Å². The second-order valence-corrected chi connectivity index (χ2v) is 6.74. The van der Waals surface area contributed by atoms with Crippen LogP contribution in [0.2, 0.25) is 0 Å². The smallest absolute Gasteiger partial charge is 0.351 e. The number of aromatic nitrogens is 1. The molecule has 140 valence electrons. The van der Waals surface area contributed by atoms with Gasteiger partial charge in [-0.05, 0) is 30.0 Å². The van der Waals surface area contributed by atoms with E-state index in [-0.39, 0.29) is 23.1 Å². The number of hydrogen-bond donors (Lipinski definition) is 1. The molecule has 0 spiro atoms. The fourth-order valence-corrected chi connectivity index (χ4v) is 2.77. The van der Waals surface area contributed by atoms with E-state index in [0.717, 1.165) is 25.3 Å². The zero-order valence-corrected chi connectivity index (χ0v) is 14.9. The predicted molar refractivity (Wildman–Crippen MR) is 95.6 cm³/mol. The molecule has 26 heavy (non-hydrogen) atoms. The number of carbonyl (C=O) groups is 1. The van der Waals surface area contributed by atoms with Crippen molar-refractivity contribution >= 4 is 17.5 Å². The summed E-state index contributed by atoms with van der Waals surface area (Å²) in [6, 6.07) is 2.40. The van der Waals surface area contributed by atoms with Crippen LogP contribution in [0.3, 0.4) is 0 Å². The SMILES string of the molecule is C=C/C=C(\C(=C)Cl)C(=O)NCC(CC1CC1)c1ccc(C(F)(F)F)nc1. The topological polar surface area (TPSA) is 42.0 Å². The summed E-state index contributed by atoms with van der Waals surface area (Å²) < 4.78 is 38.0. The van der Waals surface area contributed by atoms with E-state index in [1.807, 2.05) is 0 Å². The average Bonchev–Trinajstić information content (AvgIpc) is 3.39. The molecule has 1 aliphatic carbocycles. The van der Waals surface area contributed by atoms with Gasteiger partial charge in [-0.15, -0.1) is 0 Å². The molecule has 1 amide bonds. The first-order valence-electron chi connectivity index (χ1n) is 8.21. The highest BCUT2D eigenvalue weighted by atomic mass is 35.5. The van der Waals surface area contributed by atoms with Gasteiger partial charge in [-0.2, -0.15) is 13.2 Å². The molecular formula is C19H20ClF3N2O. The number of hydrogen-bond acceptors (Lipinski definition) is 2. The highest BCUT2D eigenvalue weighted by molar-refractivity contribution is 6.35. The fraction of sp³-hybridized carbons (Fsp3) is 0.368. The number of alkyl halides is 3. The van der Waals surface area contributed by atoms with Gasteiger partial charge in [0, 0.05) is 23.7 Å². The molecule has 1 heterocycles. The van der Waals surface area contributed by atoms with Crippen molar-refractivity contribution in [2.24, 2.45) is 5.92 Å². The molecule has 1 fully saturated rings. The predicted octanol–water partition coefficient (Wildman–Crippen LogP) is 4.97. The number of nitrogens with zero attached hydrogens (tertiary/aromatic N) is 1. The fourth-order valence-electron chi connectivity index (χ4n) is 2.63. The number of pyridine rings is 1. The number of nitrogens with one attached hydrogen (secondary N) is 1. The Morgan fingerprint density at radius 1 is 1.42 bits per heavy atom. The maximum atomic E-state index is 12.7. The lowest BCUT2D eigenvalue weighted by Crippen LogP contribution is -2.30. The van der Waals surface area contributed by atoms with Crippen LogP contribution >= 0.6 is 11.6 Å². The van der Waals surface area contributed by atoms with Crippen molar-refractivity contribution in [2.75, 3.05) is 6.54 Å². The lowest BCUT2D eigenvalue weighted by Gasteiger charge is -2.19. The lowest BCUT2D eigenvalue weighted by atomic mass is 9.94. The van der Waals surface area contributed by atoms with Gasteiger partial charge in [-0.25, -0.2) is 0 Å². The zero-order valence-electron chi connectivity index (χ0n) is 14.2. The van der Waals surface area contributed by atoms with E-state index in [4.69, 9.17) is 11.6 Å². The summed E-state index contributed by atoms with van der Waals surface area (Å²) in [6.45, 7) is 7.35. The van der Waals surface area contributed by atoms with Crippen LogP contribution in [-0.2, 0) is 11.0 Å². The third kappa shape index (κ3) is 5.73. The summed E-state index contributed by atoms with van der Waals surface area (Å²) in [6.07, 6.45) is 2.64. The Bertz CT molecular complexity index is 706. The molecule has 1 atom stereocenters. The van der Waals surface area contributed by atoms with Crippen LogP contribution in [0.15, 0.2) is 54.2 Å². The van der Waals surface area contributed by atoms with Gasteiger partial charge in [0.15, 0.2) is 0 Å². The molecule has 1 saturated carbocycles. The van der Waals surface area contributed by atoms with Crippen molar-refractivity contribution < 1.29 is 18.0 Å². The minimum Gasteiger partial charge on any atom is -0.351 e. The second-order valence-electron chi connectivity index (χ2n) is 6.28. The number of halogens is 4. The van der Waals surface area contributed by atoms with E-state index in [9.17, 15) is 18.0 Å². The molecule has 0 bridgehead atoms. The van der Waals surface area contributed by atoms with Crippen LogP contribution in [0.4, 0.5) is 13.2 Å². The van der Waals surface area contributed by atoms with Crippen molar-refractivity contribution in [3.05, 3.63) is 65.5 Å². The van der Waals surface area contributed by atoms with Crippen LogP contribution < -0.4 is 5.32 Å². The zero-order chi connectivity index (χ0) is 19.3. The standard InChI is InChI=1S/C19H20ClF3N2O/c1-3-4-16(12(2)20)18(26)25-11-15(9-13-5-6-13)14-7-8-17(24-10-14)19(21,22)23/h3-4,7-8,10,13,15H,1-2,5-6,9,11H2,(H,25,26)/b16-4+. The molecule has 1 unspecified atom stereocenters. The third-order valence-corrected chi connectivity index (χ3v) is 4.40. The molecular weight excluding hydrogens is 365 g/mol. The van der Waals surface area contributed by atoms with Gasteiger partial charge in [0.05, 0.1) is 5.57 Å². The van der Waals surface area contributed by atoms with Crippen molar-refractivity contribution in [1.29, 1.82) is 0 Å². The first-order chi connectivity index (χ1) is 12.2. The van der Waals surface area contributed by atoms with Gasteiger partial charge < -0.3 is 5.32 Å². The average molecular weight is 385 g/mol. The van der Waals surface area contributed by atoms with E-state index in [1.54, 1.807) is 0 Å². The molecule has 1 aliphatic rings. The quantitative estimate of drug-likeness (QED) is 0.508. The minimum absolute atomic E-state index is 0.0948. The molecule has 0 aliphatic heterocycles. The van der Waals surface area contributed by atoms with Gasteiger partial charge in [0.2, 0.25) is 0 Å². The Hall–Kier alpha value is -2.08. The summed E-state index contributed by atoms with van der Waals surface area (Å²) in [5.74, 6) is 0.0192. The first kappa shape index (κ1) is 20.2. The van der Waals surface area contributed by atoms with E-state index in [2.05, 4.69) is 23.5 Å². The minimum atomic E-state index is -4.47. The van der Waals surface area contributed by atoms with Crippen LogP contribution in [0.5, 0.6) is 0 Å². The Morgan fingerprint density at radius 3 is 2.58 bits per heavy atom. The van der Waals surface area contributed by atoms with E-state index >= 15 is 0 Å². The number of rotatable bonds is 8. The Kier molecular flexibility index (Phi) is 6.64. The van der Waals surface area contributed by atoms with Crippen LogP contribution in [0, 0.1) is 5.92 Å². The van der Waals surface area contributed by atoms with Crippen molar-refractivity contribution in [1.82, 2.24) is 10.3 Å². The number of allylic oxidation sites excluding steroid dienone is 2. The summed E-state index contributed by atoms with van der Waals surface area (Å²) in [5, 5.41) is 2.87. The molecule has 0 saturated heterocycles. The Labute approximate surface area is 155 Å². The lowest BCUT2D eigenvalue weighted by molar-refractivity contribution is -0.141. The Balaban J connectivity index is 2.10. The van der Waals surface area contributed by atoms with E-state index in [0.29, 0.717) is 11.5 Å².